The number of thiophene rings is 1. The van der Waals surface area contributed by atoms with Gasteiger partial charge >= 0.3 is 0 Å². The number of rotatable bonds is 3. The molecule has 0 bridgehead atoms. The van der Waals surface area contributed by atoms with Crippen LogP contribution in [0, 0.1) is 0 Å². The number of benzene rings is 11. The first-order valence-electron chi connectivity index (χ1n) is 22.6. The van der Waals surface area contributed by atoms with Crippen LogP contribution in [0.3, 0.4) is 0 Å². The van der Waals surface area contributed by atoms with Gasteiger partial charge < -0.3 is 17.7 Å². The highest BCUT2D eigenvalue weighted by molar-refractivity contribution is 7.25. The standard InChI is InChI=1S/C62H32O4S/c1-4-16-48-41(10-1)59-50(63-48)24-26-52-61(59)43-22-19-33(30-54(43)65-52)36-12-7-14-39-45(36)32-46-37(13-8-15-40(46)58(39)35-21-28-57-47(29-35)38-9-3-6-18-56(38)67-57)34-20-23-44-55(31-34)66-53-27-25-51-60(62(44)53)42-11-2-5-17-49(42)64-51/h1-32H. The molecule has 0 unspecified atom stereocenters. The van der Waals surface area contributed by atoms with Crippen molar-refractivity contribution in [2.75, 3.05) is 0 Å². The molecule has 11 aromatic carbocycles. The van der Waals surface area contributed by atoms with Gasteiger partial charge in [0.25, 0.3) is 0 Å². The highest BCUT2D eigenvalue weighted by Crippen LogP contribution is 2.48. The fourth-order valence-electron chi connectivity index (χ4n) is 11.4. The van der Waals surface area contributed by atoms with Gasteiger partial charge in [-0.1, -0.05) is 109 Å². The van der Waals surface area contributed by atoms with Gasteiger partial charge in [-0.3, -0.25) is 0 Å². The number of hydrogen-bond donors (Lipinski definition) is 0. The fraction of sp³-hybridized carbons (Fsp3) is 0. The predicted octanol–water partition coefficient (Wildman–Crippen LogP) is 19.0. The molecule has 0 radical (unpaired) electrons. The Balaban J connectivity index is 0.952. The molecule has 0 aliphatic carbocycles. The molecule has 16 aromatic rings. The summed E-state index contributed by atoms with van der Waals surface area (Å²) in [5, 5.41) is 16.0. The molecule has 5 heteroatoms. The second-order valence-electron chi connectivity index (χ2n) is 17.8. The van der Waals surface area contributed by atoms with Gasteiger partial charge in [0.1, 0.15) is 44.7 Å². The Morgan fingerprint density at radius 1 is 0.239 bits per heavy atom. The summed E-state index contributed by atoms with van der Waals surface area (Å²) in [4.78, 5) is 0. The SMILES string of the molecule is c1ccc2c(c1)oc1ccc3oc4cc(-c5cccc6c(-c7ccc8sc9ccccc9c8c7)c7cccc(-c8ccc9c(c8)oc8ccc%10oc%11ccccc%11c%10c89)c7cc56)ccc4c3c12. The lowest BCUT2D eigenvalue weighted by atomic mass is 9.86. The Kier molecular flexibility index (Phi) is 6.93. The zero-order valence-electron chi connectivity index (χ0n) is 35.5. The molecule has 0 spiro atoms. The molecule has 4 nitrogen and oxygen atoms in total. The zero-order valence-corrected chi connectivity index (χ0v) is 36.3. The van der Waals surface area contributed by atoms with Gasteiger partial charge in [0.05, 0.1) is 0 Å². The van der Waals surface area contributed by atoms with Crippen molar-refractivity contribution in [3.63, 3.8) is 0 Å². The molecule has 0 aliphatic heterocycles. The summed E-state index contributed by atoms with van der Waals surface area (Å²) in [6, 6.07) is 69.7. The molecule has 0 aliphatic rings. The Morgan fingerprint density at radius 3 is 1.22 bits per heavy atom. The van der Waals surface area contributed by atoms with Gasteiger partial charge in [0.15, 0.2) is 0 Å². The minimum atomic E-state index is 0.846. The third kappa shape index (κ3) is 4.90. The quantitative estimate of drug-likeness (QED) is 0.166. The monoisotopic (exact) mass is 872 g/mol. The second kappa shape index (κ2) is 13.0. The van der Waals surface area contributed by atoms with E-state index in [2.05, 4.69) is 146 Å². The molecule has 67 heavy (non-hydrogen) atoms. The van der Waals surface area contributed by atoms with Crippen LogP contribution in [0.25, 0.3) is 163 Å². The van der Waals surface area contributed by atoms with Gasteiger partial charge in [0, 0.05) is 63.3 Å². The minimum absolute atomic E-state index is 0.846. The number of furan rings is 4. The summed E-state index contributed by atoms with van der Waals surface area (Å²) in [7, 11) is 0. The van der Waals surface area contributed by atoms with E-state index in [1.54, 1.807) is 0 Å². The maximum absolute atomic E-state index is 6.70. The van der Waals surface area contributed by atoms with Crippen LogP contribution in [-0.4, -0.2) is 0 Å². The summed E-state index contributed by atoms with van der Waals surface area (Å²) in [6.07, 6.45) is 0. The molecule has 310 valence electrons. The lowest BCUT2D eigenvalue weighted by Gasteiger charge is -2.17. The molecule has 5 aromatic heterocycles. The van der Waals surface area contributed by atoms with Crippen LogP contribution in [0.15, 0.2) is 212 Å². The van der Waals surface area contributed by atoms with Gasteiger partial charge in [-0.15, -0.1) is 11.3 Å². The largest absolute Gasteiger partial charge is 0.456 e. The molecule has 5 heterocycles. The van der Waals surface area contributed by atoms with Crippen LogP contribution in [0.1, 0.15) is 0 Å². The average Bonchev–Trinajstić information content (AvgIpc) is 4.20. The first kappa shape index (κ1) is 35.7. The van der Waals surface area contributed by atoms with Crippen molar-refractivity contribution < 1.29 is 17.7 Å². The zero-order chi connectivity index (χ0) is 43.5. The van der Waals surface area contributed by atoms with Crippen molar-refractivity contribution in [1.82, 2.24) is 0 Å². The lowest BCUT2D eigenvalue weighted by Crippen LogP contribution is -1.90. The second-order valence-corrected chi connectivity index (χ2v) is 18.9. The van der Waals surface area contributed by atoms with Crippen molar-refractivity contribution in [2.24, 2.45) is 0 Å². The lowest BCUT2D eigenvalue weighted by molar-refractivity contribution is 0.663. The van der Waals surface area contributed by atoms with Crippen molar-refractivity contribution in [2.45, 2.75) is 0 Å². The Hall–Kier alpha value is -8.64. The molecule has 0 atom stereocenters. The minimum Gasteiger partial charge on any atom is -0.456 e. The van der Waals surface area contributed by atoms with E-state index < -0.39 is 0 Å². The van der Waals surface area contributed by atoms with Gasteiger partial charge in [0.2, 0.25) is 0 Å². The van der Waals surface area contributed by atoms with Crippen molar-refractivity contribution >= 4 is 141 Å². The van der Waals surface area contributed by atoms with E-state index in [4.69, 9.17) is 17.7 Å². The van der Waals surface area contributed by atoms with Crippen LogP contribution in [0.4, 0.5) is 0 Å². The molecule has 0 saturated heterocycles. The van der Waals surface area contributed by atoms with E-state index in [1.807, 2.05) is 59.9 Å². The fourth-order valence-corrected chi connectivity index (χ4v) is 12.4. The van der Waals surface area contributed by atoms with Crippen LogP contribution < -0.4 is 0 Å². The van der Waals surface area contributed by atoms with Crippen molar-refractivity contribution in [3.05, 3.63) is 194 Å². The predicted molar refractivity (Wildman–Crippen MR) is 280 cm³/mol. The van der Waals surface area contributed by atoms with Crippen molar-refractivity contribution in [3.8, 4) is 33.4 Å². The summed E-state index contributed by atoms with van der Waals surface area (Å²) in [5.74, 6) is 0. The highest BCUT2D eigenvalue weighted by Gasteiger charge is 2.22. The number of fused-ring (bicyclic) bond motifs is 19. The van der Waals surface area contributed by atoms with E-state index in [-0.39, 0.29) is 0 Å². The normalized spacial score (nSPS) is 12.5. The van der Waals surface area contributed by atoms with E-state index in [1.165, 1.54) is 52.8 Å². The molecule has 0 fully saturated rings. The van der Waals surface area contributed by atoms with Gasteiger partial charge in [-0.25, -0.2) is 0 Å². The molecule has 16 rings (SSSR count). The van der Waals surface area contributed by atoms with E-state index >= 15 is 0 Å². The highest BCUT2D eigenvalue weighted by atomic mass is 32.1. The molecule has 0 amide bonds. The summed E-state index contributed by atoms with van der Waals surface area (Å²) in [5.41, 5.74) is 13.7. The smallest absolute Gasteiger partial charge is 0.136 e. The Morgan fingerprint density at radius 2 is 0.672 bits per heavy atom. The first-order valence-corrected chi connectivity index (χ1v) is 23.4. The van der Waals surface area contributed by atoms with E-state index in [0.717, 1.165) is 110 Å². The first-order chi connectivity index (χ1) is 33.2. The average molecular weight is 873 g/mol. The van der Waals surface area contributed by atoms with Crippen LogP contribution in [-0.2, 0) is 0 Å². The summed E-state index contributed by atoms with van der Waals surface area (Å²) < 4.78 is 28.6. The van der Waals surface area contributed by atoms with Crippen LogP contribution >= 0.6 is 11.3 Å². The summed E-state index contributed by atoms with van der Waals surface area (Å²) in [6.45, 7) is 0. The third-order valence-corrected chi connectivity index (χ3v) is 15.4. The van der Waals surface area contributed by atoms with E-state index in [0.29, 0.717) is 0 Å². The number of hydrogen-bond acceptors (Lipinski definition) is 5. The molecular formula is C62H32O4S. The van der Waals surface area contributed by atoms with Crippen molar-refractivity contribution in [1.29, 1.82) is 0 Å². The summed E-state index contributed by atoms with van der Waals surface area (Å²) >= 11 is 1.85. The molecule has 0 N–H and O–H groups in total. The number of para-hydroxylation sites is 2. The topological polar surface area (TPSA) is 52.6 Å². The van der Waals surface area contributed by atoms with Gasteiger partial charge in [-0.2, -0.15) is 0 Å². The van der Waals surface area contributed by atoms with Gasteiger partial charge in [-0.05, 0) is 140 Å². The molecular weight excluding hydrogens is 841 g/mol. The maximum Gasteiger partial charge on any atom is 0.136 e. The molecule has 0 saturated carbocycles. The Labute approximate surface area is 384 Å². The van der Waals surface area contributed by atoms with Crippen LogP contribution in [0.5, 0.6) is 0 Å². The van der Waals surface area contributed by atoms with E-state index in [9.17, 15) is 0 Å². The van der Waals surface area contributed by atoms with Crippen LogP contribution in [0.2, 0.25) is 0 Å². The maximum atomic E-state index is 6.70. The third-order valence-electron chi connectivity index (χ3n) is 14.3. The Bertz CT molecular complexity index is 4570.